The highest BCUT2D eigenvalue weighted by Gasteiger charge is 2.24. The van der Waals surface area contributed by atoms with Gasteiger partial charge in [-0.25, -0.2) is 0 Å². The first-order valence-corrected chi connectivity index (χ1v) is 5.90. The van der Waals surface area contributed by atoms with Crippen molar-refractivity contribution in [2.45, 2.75) is 12.5 Å². The fraction of sp³-hybridized carbons (Fsp3) is 0.500. The average molecular weight is 251 g/mol. The first-order valence-electron chi connectivity index (χ1n) is 5.90. The summed E-state index contributed by atoms with van der Waals surface area (Å²) in [7, 11) is 3.48. The van der Waals surface area contributed by atoms with Crippen molar-refractivity contribution < 1.29 is 9.66 Å². The topological polar surface area (TPSA) is 67.6 Å². The number of methoxy groups -OCH3 is 1. The van der Waals surface area contributed by atoms with E-state index in [0.29, 0.717) is 11.8 Å². The lowest BCUT2D eigenvalue weighted by Gasteiger charge is -2.21. The molecule has 1 aromatic carbocycles. The molecule has 1 fully saturated rings. The van der Waals surface area contributed by atoms with Gasteiger partial charge in [-0.15, -0.1) is 0 Å². The normalized spacial score (nSPS) is 19.0. The number of nitro benzene ring substituents is 1. The van der Waals surface area contributed by atoms with Gasteiger partial charge in [0.15, 0.2) is 0 Å². The molecule has 6 nitrogen and oxygen atoms in total. The fourth-order valence-electron chi connectivity index (χ4n) is 2.26. The van der Waals surface area contributed by atoms with Gasteiger partial charge in [0.25, 0.3) is 5.69 Å². The number of hydrogen-bond donors (Lipinski definition) is 1. The number of rotatable bonds is 4. The van der Waals surface area contributed by atoms with Gasteiger partial charge in [0.1, 0.15) is 5.75 Å². The predicted octanol–water partition coefficient (Wildman–Crippen LogP) is 1.40. The summed E-state index contributed by atoms with van der Waals surface area (Å²) in [5, 5.41) is 14.0. The van der Waals surface area contributed by atoms with Gasteiger partial charge in [-0.05, 0) is 19.5 Å². The molecule has 1 N–H and O–H groups in total. The molecule has 1 aliphatic rings. The quantitative estimate of drug-likeness (QED) is 0.647. The molecule has 1 aromatic rings. The summed E-state index contributed by atoms with van der Waals surface area (Å²) in [6, 6.07) is 5.21. The van der Waals surface area contributed by atoms with Crippen LogP contribution in [-0.2, 0) is 0 Å². The Kier molecular flexibility index (Phi) is 3.66. The van der Waals surface area contributed by atoms with E-state index in [1.54, 1.807) is 6.07 Å². The Hall–Kier alpha value is -1.82. The van der Waals surface area contributed by atoms with E-state index in [1.165, 1.54) is 19.2 Å². The van der Waals surface area contributed by atoms with Crippen LogP contribution in [0.2, 0.25) is 0 Å². The lowest BCUT2D eigenvalue weighted by Crippen LogP contribution is -2.29. The average Bonchev–Trinajstić information content (AvgIpc) is 2.86. The third-order valence-electron chi connectivity index (χ3n) is 3.31. The van der Waals surface area contributed by atoms with E-state index in [0.717, 1.165) is 25.2 Å². The maximum absolute atomic E-state index is 10.7. The molecule has 0 spiro atoms. The number of nitro groups is 1. The van der Waals surface area contributed by atoms with Gasteiger partial charge in [0.05, 0.1) is 23.8 Å². The van der Waals surface area contributed by atoms with Crippen molar-refractivity contribution in [3.8, 4) is 5.75 Å². The summed E-state index contributed by atoms with van der Waals surface area (Å²) in [5.41, 5.74) is 0.973. The summed E-state index contributed by atoms with van der Waals surface area (Å²) >= 11 is 0. The number of nitrogens with zero attached hydrogens (tertiary/aromatic N) is 2. The van der Waals surface area contributed by atoms with Crippen LogP contribution in [-0.4, -0.2) is 38.2 Å². The van der Waals surface area contributed by atoms with Crippen molar-refractivity contribution in [3.05, 3.63) is 28.3 Å². The van der Waals surface area contributed by atoms with Gasteiger partial charge in [-0.3, -0.25) is 10.1 Å². The SMILES string of the molecule is CNC1CCN(c2ccc([N+](=O)[O-])cc2OC)C1. The molecule has 1 saturated heterocycles. The van der Waals surface area contributed by atoms with E-state index in [-0.39, 0.29) is 5.69 Å². The maximum atomic E-state index is 10.7. The van der Waals surface area contributed by atoms with Crippen LogP contribution in [0.4, 0.5) is 11.4 Å². The molecule has 6 heteroatoms. The molecule has 98 valence electrons. The van der Waals surface area contributed by atoms with Gasteiger partial charge in [-0.1, -0.05) is 0 Å². The van der Waals surface area contributed by atoms with Crippen LogP contribution < -0.4 is 15.0 Å². The highest BCUT2D eigenvalue weighted by molar-refractivity contribution is 5.63. The largest absolute Gasteiger partial charge is 0.494 e. The number of nitrogens with one attached hydrogen (secondary N) is 1. The lowest BCUT2D eigenvalue weighted by molar-refractivity contribution is -0.384. The second-order valence-electron chi connectivity index (χ2n) is 4.33. The monoisotopic (exact) mass is 251 g/mol. The second kappa shape index (κ2) is 5.22. The Labute approximate surface area is 106 Å². The van der Waals surface area contributed by atoms with Crippen LogP contribution in [0.1, 0.15) is 6.42 Å². The minimum atomic E-state index is -0.410. The van der Waals surface area contributed by atoms with Crippen LogP contribution in [0.5, 0.6) is 5.75 Å². The molecule has 2 rings (SSSR count). The molecule has 0 amide bonds. The number of benzene rings is 1. The first kappa shape index (κ1) is 12.6. The number of hydrogen-bond acceptors (Lipinski definition) is 5. The van der Waals surface area contributed by atoms with E-state index >= 15 is 0 Å². The van der Waals surface area contributed by atoms with E-state index in [4.69, 9.17) is 4.74 Å². The van der Waals surface area contributed by atoms with Crippen molar-refractivity contribution in [2.75, 3.05) is 32.1 Å². The van der Waals surface area contributed by atoms with Crippen LogP contribution in [0.25, 0.3) is 0 Å². The third-order valence-corrected chi connectivity index (χ3v) is 3.31. The number of ether oxygens (including phenoxy) is 1. The number of likely N-dealkylation sites (N-methyl/N-ethyl adjacent to an activating group) is 1. The molecule has 1 unspecified atom stereocenters. The van der Waals surface area contributed by atoms with Gasteiger partial charge in [-0.2, -0.15) is 0 Å². The van der Waals surface area contributed by atoms with E-state index in [2.05, 4.69) is 10.2 Å². The first-order chi connectivity index (χ1) is 8.65. The molecule has 18 heavy (non-hydrogen) atoms. The molecule has 0 bridgehead atoms. The molecule has 0 radical (unpaired) electrons. The Morgan fingerprint density at radius 1 is 1.56 bits per heavy atom. The molecule has 1 aliphatic heterocycles. The minimum Gasteiger partial charge on any atom is -0.494 e. The Morgan fingerprint density at radius 3 is 2.89 bits per heavy atom. The zero-order valence-electron chi connectivity index (χ0n) is 10.5. The summed E-state index contributed by atoms with van der Waals surface area (Å²) in [4.78, 5) is 12.5. The highest BCUT2D eigenvalue weighted by Crippen LogP contribution is 2.33. The minimum absolute atomic E-state index is 0.0555. The molecule has 0 saturated carbocycles. The Bertz CT molecular complexity index is 450. The van der Waals surface area contributed by atoms with Crippen molar-refractivity contribution in [1.29, 1.82) is 0 Å². The zero-order valence-corrected chi connectivity index (χ0v) is 10.5. The van der Waals surface area contributed by atoms with Gasteiger partial charge in [0, 0.05) is 25.2 Å². The predicted molar refractivity (Wildman–Crippen MR) is 69.3 cm³/mol. The van der Waals surface area contributed by atoms with E-state index < -0.39 is 4.92 Å². The molecule has 1 atom stereocenters. The molecule has 0 aromatic heterocycles. The van der Waals surface area contributed by atoms with Crippen molar-refractivity contribution in [2.24, 2.45) is 0 Å². The lowest BCUT2D eigenvalue weighted by atomic mass is 10.2. The van der Waals surface area contributed by atoms with Crippen LogP contribution in [0, 0.1) is 10.1 Å². The number of non-ortho nitro benzene ring substituents is 1. The maximum Gasteiger partial charge on any atom is 0.273 e. The van der Waals surface area contributed by atoms with Crippen LogP contribution in [0.15, 0.2) is 18.2 Å². The van der Waals surface area contributed by atoms with Crippen molar-refractivity contribution in [1.82, 2.24) is 5.32 Å². The summed E-state index contributed by atoms with van der Waals surface area (Å²) in [6.45, 7) is 1.82. The Balaban J connectivity index is 2.25. The Morgan fingerprint density at radius 2 is 2.33 bits per heavy atom. The van der Waals surface area contributed by atoms with Crippen molar-refractivity contribution >= 4 is 11.4 Å². The van der Waals surface area contributed by atoms with E-state index in [1.807, 2.05) is 7.05 Å². The molecular formula is C12H17N3O3. The summed E-state index contributed by atoms with van der Waals surface area (Å²) in [5.74, 6) is 0.556. The molecule has 0 aliphatic carbocycles. The highest BCUT2D eigenvalue weighted by atomic mass is 16.6. The number of anilines is 1. The van der Waals surface area contributed by atoms with Gasteiger partial charge < -0.3 is 15.0 Å². The summed E-state index contributed by atoms with van der Waals surface area (Å²) in [6.07, 6.45) is 1.07. The summed E-state index contributed by atoms with van der Waals surface area (Å²) < 4.78 is 5.25. The molecule has 1 heterocycles. The van der Waals surface area contributed by atoms with Crippen molar-refractivity contribution in [3.63, 3.8) is 0 Å². The van der Waals surface area contributed by atoms with Gasteiger partial charge in [0.2, 0.25) is 0 Å². The third kappa shape index (κ3) is 2.38. The zero-order chi connectivity index (χ0) is 13.1. The van der Waals surface area contributed by atoms with E-state index in [9.17, 15) is 10.1 Å². The van der Waals surface area contributed by atoms with Gasteiger partial charge >= 0.3 is 0 Å². The standard InChI is InChI=1S/C12H17N3O3/c1-13-9-5-6-14(8-9)11-4-3-10(15(16)17)7-12(11)18-2/h3-4,7,9,13H,5-6,8H2,1-2H3. The van der Waals surface area contributed by atoms with Crippen LogP contribution in [0.3, 0.4) is 0 Å². The second-order valence-corrected chi connectivity index (χ2v) is 4.33. The molecular weight excluding hydrogens is 234 g/mol. The van der Waals surface area contributed by atoms with Crippen LogP contribution >= 0.6 is 0 Å². The fourth-order valence-corrected chi connectivity index (χ4v) is 2.26. The smallest absolute Gasteiger partial charge is 0.273 e.